The summed E-state index contributed by atoms with van der Waals surface area (Å²) in [6.07, 6.45) is 0.748. The van der Waals surface area contributed by atoms with Gasteiger partial charge >= 0.3 is 21.1 Å². The number of carbonyl (C=O) groups excluding carboxylic acids is 2. The maximum atomic E-state index is 10.1. The summed E-state index contributed by atoms with van der Waals surface area (Å²) in [7, 11) is 0. The molecule has 1 saturated heterocycles. The van der Waals surface area contributed by atoms with Gasteiger partial charge in [-0.05, 0) is 0 Å². The largest absolute Gasteiger partial charge is 4.00 e. The third-order valence-corrected chi connectivity index (χ3v) is 0.858. The van der Waals surface area contributed by atoms with Gasteiger partial charge in [0.05, 0.1) is 0 Å². The van der Waals surface area contributed by atoms with Crippen molar-refractivity contribution in [2.75, 3.05) is 0 Å². The van der Waals surface area contributed by atoms with E-state index >= 15 is 0 Å². The van der Waals surface area contributed by atoms with Crippen molar-refractivity contribution in [3.63, 3.8) is 0 Å². The van der Waals surface area contributed by atoms with Gasteiger partial charge in [0.1, 0.15) is 0 Å². The zero-order valence-corrected chi connectivity index (χ0v) is 11.3. The molecule has 0 aromatic heterocycles. The van der Waals surface area contributed by atoms with E-state index in [-0.39, 0.29) is 70.0 Å². The summed E-state index contributed by atoms with van der Waals surface area (Å²) in [5.41, 5.74) is 0. The number of carbonyl (C=O) groups is 2. The van der Waals surface area contributed by atoms with Crippen LogP contribution in [-0.4, -0.2) is 17.0 Å². The van der Waals surface area contributed by atoms with Crippen LogP contribution in [0.3, 0.4) is 0 Å². The number of rotatable bonds is 0. The normalized spacial score (nSPS) is 10.1. The second-order valence-corrected chi connectivity index (χ2v) is 1.55. The van der Waals surface area contributed by atoms with Gasteiger partial charge in [-0.1, -0.05) is 0 Å². The van der Waals surface area contributed by atoms with E-state index in [1.165, 1.54) is 5.34 Å². The van der Waals surface area contributed by atoms with Crippen molar-refractivity contribution in [2.45, 2.75) is 12.8 Å². The van der Waals surface area contributed by atoms with E-state index in [1.807, 2.05) is 0 Å². The standard InChI is InChI=1S/C4H5NO2.2ClH.HNO2.2H3N.Pt/c6-3-1-2-4(7)5-3;;;2-1-3;;;/h1-2H2,(H,5,6,7);2*1H;(H,2,3);2*1H3;/q;;;;;;+4/p-2. The van der Waals surface area contributed by atoms with E-state index in [0.717, 1.165) is 0 Å². The molecule has 0 atom stereocenters. The topological polar surface area (TPSA) is 166 Å². The van der Waals surface area contributed by atoms with Crippen molar-refractivity contribution in [1.82, 2.24) is 17.6 Å². The molecule has 15 heavy (non-hydrogen) atoms. The SMILES string of the molecule is N.N.O=C1CCC(=O)N1.O=NO.[Cl-].[Cl-].[Pt+4]. The molecule has 0 unspecified atom stereocenters. The molecule has 2 amide bonds. The average molecular weight is 446 g/mol. The molecule has 94 valence electrons. The zero-order chi connectivity index (χ0) is 7.98. The first kappa shape index (κ1) is 36.4. The summed E-state index contributed by atoms with van der Waals surface area (Å²) < 4.78 is 0. The van der Waals surface area contributed by atoms with Gasteiger partial charge in [-0.15, -0.1) is 4.91 Å². The molecule has 0 aliphatic carbocycles. The first-order valence-corrected chi connectivity index (χ1v) is 2.50. The molecule has 1 rings (SSSR count). The number of imide groups is 1. The predicted molar refractivity (Wildman–Crippen MR) is 40.0 cm³/mol. The Morgan fingerprint density at radius 1 is 1.07 bits per heavy atom. The van der Waals surface area contributed by atoms with Crippen LogP contribution in [0.5, 0.6) is 0 Å². The Bertz CT molecular complexity index is 159. The molecule has 1 heterocycles. The summed E-state index contributed by atoms with van der Waals surface area (Å²) in [6.45, 7) is 0. The van der Waals surface area contributed by atoms with Crippen molar-refractivity contribution in [3.8, 4) is 0 Å². The third-order valence-electron chi connectivity index (χ3n) is 0.858. The maximum absolute atomic E-state index is 10.1. The Balaban J connectivity index is -0.0000000234. The van der Waals surface area contributed by atoms with Crippen LogP contribution in [0, 0.1) is 4.91 Å². The van der Waals surface area contributed by atoms with E-state index in [0.29, 0.717) is 12.8 Å². The number of hydrogen-bond acceptors (Lipinski definition) is 6. The van der Waals surface area contributed by atoms with E-state index in [4.69, 9.17) is 10.1 Å². The monoisotopic (exact) mass is 445 g/mol. The van der Waals surface area contributed by atoms with Gasteiger partial charge in [-0.2, -0.15) is 0 Å². The summed E-state index contributed by atoms with van der Waals surface area (Å²) >= 11 is 0. The molecule has 0 bridgehead atoms. The molecule has 8 nitrogen and oxygen atoms in total. The molecular weight excluding hydrogens is 434 g/mol. The van der Waals surface area contributed by atoms with E-state index in [2.05, 4.69) is 5.32 Å². The number of nitrogens with zero attached hydrogens (tertiary/aromatic N) is 1. The van der Waals surface area contributed by atoms with Crippen molar-refractivity contribution >= 4 is 11.8 Å². The fraction of sp³-hybridized carbons (Fsp3) is 0.500. The van der Waals surface area contributed by atoms with E-state index in [1.54, 1.807) is 0 Å². The smallest absolute Gasteiger partial charge is 1.00 e. The van der Waals surface area contributed by atoms with Gasteiger partial charge in [-0.25, -0.2) is 0 Å². The summed E-state index contributed by atoms with van der Waals surface area (Å²) in [6, 6.07) is 0. The van der Waals surface area contributed by atoms with Crippen LogP contribution < -0.4 is 42.4 Å². The van der Waals surface area contributed by atoms with Crippen LogP contribution in [0.15, 0.2) is 5.34 Å². The Morgan fingerprint density at radius 3 is 1.33 bits per heavy atom. The van der Waals surface area contributed by atoms with Gasteiger partial charge in [-0.3, -0.25) is 14.9 Å². The summed E-state index contributed by atoms with van der Waals surface area (Å²) in [5.74, 6) is -0.296. The van der Waals surface area contributed by atoms with Gasteiger partial charge < -0.3 is 42.3 Å². The van der Waals surface area contributed by atoms with Gasteiger partial charge in [0.15, 0.2) is 5.34 Å². The molecule has 8 N–H and O–H groups in total. The first-order valence-electron chi connectivity index (χ1n) is 2.50. The Kier molecular flexibility index (Phi) is 57.1. The fourth-order valence-corrected chi connectivity index (χ4v) is 0.508. The Morgan fingerprint density at radius 2 is 1.27 bits per heavy atom. The zero-order valence-electron chi connectivity index (χ0n) is 7.52. The molecule has 0 spiro atoms. The molecule has 0 aromatic rings. The van der Waals surface area contributed by atoms with Crippen LogP contribution in [-0.2, 0) is 30.7 Å². The van der Waals surface area contributed by atoms with Crippen LogP contribution in [0.2, 0.25) is 0 Å². The van der Waals surface area contributed by atoms with Gasteiger partial charge in [0.25, 0.3) is 0 Å². The van der Waals surface area contributed by atoms with E-state index in [9.17, 15) is 9.59 Å². The molecule has 11 heteroatoms. The minimum absolute atomic E-state index is 0. The quantitative estimate of drug-likeness (QED) is 0.164. The number of hydrogen-bond donors (Lipinski definition) is 4. The Labute approximate surface area is 113 Å². The van der Waals surface area contributed by atoms with Crippen LogP contribution >= 0.6 is 0 Å². The minimum atomic E-state index is -0.148. The second-order valence-electron chi connectivity index (χ2n) is 1.55. The van der Waals surface area contributed by atoms with E-state index < -0.39 is 0 Å². The molecule has 1 aliphatic heterocycles. The van der Waals surface area contributed by atoms with Crippen molar-refractivity contribution in [2.24, 2.45) is 5.34 Å². The predicted octanol–water partition coefficient (Wildman–Crippen LogP) is -6.11. The molecular formula is C4H12Cl2N4O4Pt+2. The van der Waals surface area contributed by atoms with Crippen molar-refractivity contribution in [1.29, 1.82) is 0 Å². The number of amides is 2. The molecule has 0 radical (unpaired) electrons. The first-order chi connectivity index (χ1) is 4.70. The third kappa shape index (κ3) is 24.8. The summed E-state index contributed by atoms with van der Waals surface area (Å²) in [5, 5.41) is 10.0. The molecule has 0 saturated carbocycles. The van der Waals surface area contributed by atoms with Gasteiger partial charge in [0.2, 0.25) is 11.8 Å². The van der Waals surface area contributed by atoms with Crippen molar-refractivity contribution in [3.05, 3.63) is 4.91 Å². The number of nitrogens with one attached hydrogen (secondary N) is 1. The maximum Gasteiger partial charge on any atom is 4.00 e. The average Bonchev–Trinajstić information content (AvgIpc) is 2.17. The van der Waals surface area contributed by atoms with Crippen molar-refractivity contribution < 1.29 is 60.7 Å². The van der Waals surface area contributed by atoms with Gasteiger partial charge in [0, 0.05) is 12.8 Å². The summed E-state index contributed by atoms with van der Waals surface area (Å²) in [4.78, 5) is 28.4. The molecule has 1 fully saturated rings. The van der Waals surface area contributed by atoms with Crippen LogP contribution in [0.4, 0.5) is 0 Å². The second kappa shape index (κ2) is 23.5. The van der Waals surface area contributed by atoms with Crippen LogP contribution in [0.1, 0.15) is 12.8 Å². The molecule has 0 aromatic carbocycles. The minimum Gasteiger partial charge on any atom is -1.00 e. The fourth-order valence-electron chi connectivity index (χ4n) is 0.508. The molecule has 1 aliphatic rings. The van der Waals surface area contributed by atoms with Crippen LogP contribution in [0.25, 0.3) is 0 Å². The number of halogens is 2. The Hall–Kier alpha value is -0.272.